The molecule has 2 aromatic carbocycles. The van der Waals surface area contributed by atoms with Gasteiger partial charge in [0.15, 0.2) is 8.07 Å². The Morgan fingerprint density at radius 3 is 1.91 bits per heavy atom. The molecule has 218 valence electrons. The number of unbranched alkanes of at least 4 members (excludes halogenated alkanes) is 5. The first-order valence-corrected chi connectivity index (χ1v) is 19.8. The van der Waals surface area contributed by atoms with Crippen molar-refractivity contribution in [1.82, 2.24) is 4.90 Å². The Morgan fingerprint density at radius 1 is 0.651 bits per heavy atom. The molecule has 3 aromatic heterocycles. The van der Waals surface area contributed by atoms with Crippen molar-refractivity contribution in [2.45, 2.75) is 59.3 Å². The van der Waals surface area contributed by atoms with Crippen molar-refractivity contribution >= 4 is 74.6 Å². The van der Waals surface area contributed by atoms with Crippen LogP contribution in [0.3, 0.4) is 0 Å². The van der Waals surface area contributed by atoms with Crippen molar-refractivity contribution in [1.29, 1.82) is 0 Å². The topological polar surface area (TPSA) is 37.4 Å². The van der Waals surface area contributed by atoms with Crippen molar-refractivity contribution in [3.63, 3.8) is 0 Å². The zero-order valence-corrected chi connectivity index (χ0v) is 28.3. The number of thiophene rings is 3. The highest BCUT2D eigenvalue weighted by Gasteiger charge is 2.51. The first-order valence-electron chi connectivity index (χ1n) is 15.3. The summed E-state index contributed by atoms with van der Waals surface area (Å²) in [5, 5.41) is 5.65. The Balaban J connectivity index is 1.33. The van der Waals surface area contributed by atoms with Crippen molar-refractivity contribution in [3.05, 3.63) is 93.7 Å². The van der Waals surface area contributed by atoms with Gasteiger partial charge in [0, 0.05) is 30.9 Å². The summed E-state index contributed by atoms with van der Waals surface area (Å²) in [4.78, 5) is 36.0. The average molecular weight is 638 g/mol. The zero-order valence-electron chi connectivity index (χ0n) is 24.9. The third-order valence-electron chi connectivity index (χ3n) is 8.98. The van der Waals surface area contributed by atoms with Crippen LogP contribution in [0.4, 0.5) is 0 Å². The Hall–Kier alpha value is -3.10. The molecule has 2 aliphatic heterocycles. The smallest absolute Gasteiger partial charge is 0.263 e. The second kappa shape index (κ2) is 11.4. The molecule has 7 heteroatoms. The minimum absolute atomic E-state index is 0.105. The molecule has 0 saturated carbocycles. The molecule has 0 N–H and O–H groups in total. The maximum absolute atomic E-state index is 13.9. The first-order chi connectivity index (χ1) is 21.0. The summed E-state index contributed by atoms with van der Waals surface area (Å²) in [7, 11) is -2.55. The van der Waals surface area contributed by atoms with Gasteiger partial charge in [0.2, 0.25) is 0 Å². The Kier molecular flexibility index (Phi) is 7.62. The maximum Gasteiger partial charge on any atom is 0.263 e. The summed E-state index contributed by atoms with van der Waals surface area (Å²) >= 11 is 5.31. The van der Waals surface area contributed by atoms with Gasteiger partial charge in [-0.15, -0.1) is 34.0 Å². The summed E-state index contributed by atoms with van der Waals surface area (Å²) in [5.74, 6) is -0.213. The number of carbonyl (C=O) groups excluding carboxylic acids is 2. The van der Waals surface area contributed by atoms with Gasteiger partial charge < -0.3 is 0 Å². The molecule has 0 saturated heterocycles. The summed E-state index contributed by atoms with van der Waals surface area (Å²) in [5.41, 5.74) is 1.26. The van der Waals surface area contributed by atoms with Gasteiger partial charge in [0.25, 0.3) is 11.8 Å². The summed E-state index contributed by atoms with van der Waals surface area (Å²) in [6.07, 6.45) is 6.78. The molecule has 0 aliphatic carbocycles. The van der Waals surface area contributed by atoms with E-state index in [-0.39, 0.29) is 11.8 Å². The summed E-state index contributed by atoms with van der Waals surface area (Å²) < 4.78 is 0. The van der Waals surface area contributed by atoms with Gasteiger partial charge in [-0.2, -0.15) is 0 Å². The highest BCUT2D eigenvalue weighted by molar-refractivity contribution is 7.35. The fourth-order valence-electron chi connectivity index (χ4n) is 7.02. The van der Waals surface area contributed by atoms with Crippen LogP contribution >= 0.6 is 34.0 Å². The molecule has 0 spiro atoms. The maximum atomic E-state index is 13.9. The van der Waals surface area contributed by atoms with Gasteiger partial charge >= 0.3 is 0 Å². The number of fused-ring (bicyclic) bond motifs is 4. The lowest BCUT2D eigenvalue weighted by molar-refractivity contribution is 0.0651. The predicted molar refractivity (Wildman–Crippen MR) is 186 cm³/mol. The van der Waals surface area contributed by atoms with E-state index < -0.39 is 8.07 Å². The number of amides is 2. The van der Waals surface area contributed by atoms with Crippen LogP contribution in [0.2, 0.25) is 0 Å². The van der Waals surface area contributed by atoms with E-state index in [9.17, 15) is 9.59 Å². The molecule has 43 heavy (non-hydrogen) atoms. The molecule has 0 bridgehead atoms. The van der Waals surface area contributed by atoms with Crippen LogP contribution in [0.15, 0.2) is 72.8 Å². The number of nitrogens with zero attached hydrogens (tertiary/aromatic N) is 1. The van der Waals surface area contributed by atoms with Crippen LogP contribution in [-0.2, 0) is 0 Å². The van der Waals surface area contributed by atoms with Gasteiger partial charge in [-0.25, -0.2) is 0 Å². The van der Waals surface area contributed by atoms with Crippen molar-refractivity contribution in [2.24, 2.45) is 0 Å². The van der Waals surface area contributed by atoms with Gasteiger partial charge in [0.1, 0.15) is 0 Å². The van der Waals surface area contributed by atoms with E-state index >= 15 is 0 Å². The van der Waals surface area contributed by atoms with Crippen molar-refractivity contribution < 1.29 is 9.59 Å². The Morgan fingerprint density at radius 2 is 1.23 bits per heavy atom. The molecule has 2 aliphatic rings. The Labute approximate surface area is 266 Å². The van der Waals surface area contributed by atoms with Crippen LogP contribution in [0.25, 0.3) is 19.5 Å². The van der Waals surface area contributed by atoms with Gasteiger partial charge in [-0.05, 0) is 53.1 Å². The van der Waals surface area contributed by atoms with Gasteiger partial charge in [0.05, 0.1) is 16.0 Å². The van der Waals surface area contributed by atoms with Crippen molar-refractivity contribution in [2.75, 3.05) is 6.54 Å². The molecular weight excluding hydrogens is 603 g/mol. The highest BCUT2D eigenvalue weighted by atomic mass is 32.1. The molecular formula is C36H35NO2S3Si. The van der Waals surface area contributed by atoms with Crippen LogP contribution in [0, 0.1) is 13.8 Å². The van der Waals surface area contributed by atoms with Crippen molar-refractivity contribution in [3.8, 4) is 19.5 Å². The summed E-state index contributed by atoms with van der Waals surface area (Å²) in [6.45, 7) is 6.94. The molecule has 5 aromatic rings. The number of benzene rings is 2. The highest BCUT2D eigenvalue weighted by Crippen LogP contribution is 2.47. The Bertz CT molecular complexity index is 1790. The lowest BCUT2D eigenvalue weighted by Gasteiger charge is -2.30. The van der Waals surface area contributed by atoms with E-state index in [2.05, 4.69) is 86.6 Å². The summed E-state index contributed by atoms with van der Waals surface area (Å²) in [6, 6.07) is 26.9. The lowest BCUT2D eigenvalue weighted by atomic mass is 10.1. The van der Waals surface area contributed by atoms with Crippen LogP contribution < -0.4 is 20.7 Å². The minimum atomic E-state index is -2.55. The third-order valence-corrected chi connectivity index (χ3v) is 17.8. The monoisotopic (exact) mass is 637 g/mol. The molecule has 7 rings (SSSR count). The normalized spacial score (nSPS) is 14.8. The minimum Gasteiger partial charge on any atom is -0.274 e. The third kappa shape index (κ3) is 4.47. The van der Waals surface area contributed by atoms with Gasteiger partial charge in [-0.1, -0.05) is 99.7 Å². The number of hydrogen-bond donors (Lipinski definition) is 0. The number of rotatable bonds is 10. The molecule has 2 amide bonds. The fraction of sp³-hybridized carbons (Fsp3) is 0.278. The van der Waals surface area contributed by atoms with Gasteiger partial charge in [-0.3, -0.25) is 14.5 Å². The average Bonchev–Trinajstić information content (AvgIpc) is 3.80. The van der Waals surface area contributed by atoms with E-state index in [1.165, 1.54) is 59.5 Å². The quantitative estimate of drug-likeness (QED) is 0.0888. The van der Waals surface area contributed by atoms with Crippen LogP contribution in [0.5, 0.6) is 0 Å². The number of aryl methyl sites for hydroxylation is 2. The molecule has 0 atom stereocenters. The van der Waals surface area contributed by atoms with E-state index in [1.807, 2.05) is 29.6 Å². The molecule has 0 fully saturated rings. The SMILES string of the molecule is CCCCCCCCN1C(=O)c2c(C)sc(-c3cc4c(s3)-c3sc(C)cc3[Si]4(c3ccccc3)c3ccccc3)c2C1=O. The molecule has 0 unspecified atom stereocenters. The number of hydrogen-bond acceptors (Lipinski definition) is 5. The van der Waals surface area contributed by atoms with E-state index in [0.717, 1.165) is 33.9 Å². The fourth-order valence-corrected chi connectivity index (χ4v) is 17.0. The zero-order chi connectivity index (χ0) is 29.7. The molecule has 3 nitrogen and oxygen atoms in total. The van der Waals surface area contributed by atoms with Crippen LogP contribution in [-0.4, -0.2) is 31.3 Å². The molecule has 5 heterocycles. The van der Waals surface area contributed by atoms with E-state index in [4.69, 9.17) is 0 Å². The second-order valence-electron chi connectivity index (χ2n) is 11.7. The standard InChI is InChI=1S/C36H35NO2S3Si/c1-4-5-6-7-8-15-20-37-35(38)30-24(3)41-32(31(30)36(37)39)27-22-29-34(42-27)33-28(21-23(2)40-33)43(29,25-16-11-9-12-17-25)26-18-13-10-14-19-26/h9-14,16-19,21-22H,4-8,15,20H2,1-3H3. The first kappa shape index (κ1) is 28.7. The number of imide groups is 1. The lowest BCUT2D eigenvalue weighted by Crippen LogP contribution is -2.72. The van der Waals surface area contributed by atoms with E-state index in [0.29, 0.717) is 17.7 Å². The largest absolute Gasteiger partial charge is 0.274 e. The van der Waals surface area contributed by atoms with E-state index in [1.54, 1.807) is 11.3 Å². The van der Waals surface area contributed by atoms with Crippen LogP contribution in [0.1, 0.15) is 75.9 Å². The predicted octanol–water partition coefficient (Wildman–Crippen LogP) is 7.47. The molecule has 0 radical (unpaired) electrons. The second-order valence-corrected chi connectivity index (χ2v) is 19.0. The number of carbonyl (C=O) groups is 2.